The molecule has 2 fully saturated rings. The normalized spacial score (nSPS) is 36.7. The zero-order valence-electron chi connectivity index (χ0n) is 8.47. The molecule has 0 N–H and O–H groups in total. The van der Waals surface area contributed by atoms with Crippen LogP contribution in [0.1, 0.15) is 57.8 Å². The Morgan fingerprint density at radius 1 is 0.846 bits per heavy atom. The van der Waals surface area contributed by atoms with Crippen molar-refractivity contribution < 1.29 is 0 Å². The predicted molar refractivity (Wildman–Crippen MR) is 61.2 cm³/mol. The summed E-state index contributed by atoms with van der Waals surface area (Å²) in [6.07, 6.45) is 13.4. The average molecular weight is 245 g/mol. The third-order valence-electron chi connectivity index (χ3n) is 3.93. The molecule has 0 aromatic rings. The quantitative estimate of drug-likeness (QED) is 0.627. The van der Waals surface area contributed by atoms with Crippen molar-refractivity contribution in [2.75, 3.05) is 0 Å². The third-order valence-corrected chi connectivity index (χ3v) is 5.13. The van der Waals surface area contributed by atoms with E-state index >= 15 is 0 Å². The molecule has 0 aromatic carbocycles. The van der Waals surface area contributed by atoms with E-state index in [0.29, 0.717) is 0 Å². The summed E-state index contributed by atoms with van der Waals surface area (Å²) >= 11 is 3.86. The molecule has 1 heteroatoms. The second-order valence-electron chi connectivity index (χ2n) is 4.95. The van der Waals surface area contributed by atoms with Crippen molar-refractivity contribution in [1.82, 2.24) is 0 Å². The molecule has 0 aromatic heterocycles. The average Bonchev–Trinajstić information content (AvgIpc) is 2.61. The highest BCUT2D eigenvalue weighted by Crippen LogP contribution is 2.38. The van der Waals surface area contributed by atoms with E-state index in [1.165, 1.54) is 57.8 Å². The van der Waals surface area contributed by atoms with E-state index in [4.69, 9.17) is 0 Å². The maximum Gasteiger partial charge on any atom is 0.0174 e. The van der Waals surface area contributed by atoms with Gasteiger partial charge in [0.1, 0.15) is 0 Å². The lowest BCUT2D eigenvalue weighted by atomic mass is 9.82. The Labute approximate surface area is 90.6 Å². The molecule has 0 bridgehead atoms. The maximum atomic E-state index is 3.86. The highest BCUT2D eigenvalue weighted by Gasteiger charge is 2.26. The minimum Gasteiger partial charge on any atom is -0.0888 e. The van der Waals surface area contributed by atoms with Gasteiger partial charge in [-0.2, -0.15) is 0 Å². The standard InChI is InChI=1S/C12H21Br/c13-12-8-4-3-7-11(12)9-10-5-1-2-6-10/h10-12H,1-9H2. The minimum atomic E-state index is 0.849. The van der Waals surface area contributed by atoms with E-state index in [1.807, 2.05) is 0 Å². The largest absolute Gasteiger partial charge is 0.0888 e. The lowest BCUT2D eigenvalue weighted by Gasteiger charge is -2.29. The van der Waals surface area contributed by atoms with Gasteiger partial charge in [0.05, 0.1) is 0 Å². The lowest BCUT2D eigenvalue weighted by molar-refractivity contribution is 0.301. The van der Waals surface area contributed by atoms with Gasteiger partial charge in [-0.1, -0.05) is 54.5 Å². The summed E-state index contributed by atoms with van der Waals surface area (Å²) in [5.41, 5.74) is 0. The van der Waals surface area contributed by atoms with Gasteiger partial charge in [-0.15, -0.1) is 0 Å². The van der Waals surface area contributed by atoms with Gasteiger partial charge in [0, 0.05) is 4.83 Å². The summed E-state index contributed by atoms with van der Waals surface area (Å²) in [6.45, 7) is 0. The second kappa shape index (κ2) is 4.82. The fraction of sp³-hybridized carbons (Fsp3) is 1.00. The van der Waals surface area contributed by atoms with E-state index in [2.05, 4.69) is 15.9 Å². The van der Waals surface area contributed by atoms with E-state index in [1.54, 1.807) is 0 Å². The molecular weight excluding hydrogens is 224 g/mol. The molecule has 76 valence electrons. The number of rotatable bonds is 2. The van der Waals surface area contributed by atoms with Crippen molar-refractivity contribution in [2.45, 2.75) is 62.6 Å². The van der Waals surface area contributed by atoms with E-state index in [9.17, 15) is 0 Å². The number of hydrogen-bond donors (Lipinski definition) is 0. The monoisotopic (exact) mass is 244 g/mol. The van der Waals surface area contributed by atoms with Gasteiger partial charge in [0.15, 0.2) is 0 Å². The first-order chi connectivity index (χ1) is 6.36. The van der Waals surface area contributed by atoms with Crippen LogP contribution in [-0.4, -0.2) is 4.83 Å². The van der Waals surface area contributed by atoms with Gasteiger partial charge in [-0.3, -0.25) is 0 Å². The van der Waals surface area contributed by atoms with Crippen molar-refractivity contribution >= 4 is 15.9 Å². The molecule has 0 spiro atoms. The van der Waals surface area contributed by atoms with E-state index < -0.39 is 0 Å². The molecule has 0 heterocycles. The van der Waals surface area contributed by atoms with Crippen LogP contribution in [0.2, 0.25) is 0 Å². The van der Waals surface area contributed by atoms with Crippen LogP contribution in [0.15, 0.2) is 0 Å². The number of hydrogen-bond acceptors (Lipinski definition) is 0. The molecule has 2 unspecified atom stereocenters. The van der Waals surface area contributed by atoms with Crippen molar-refractivity contribution in [1.29, 1.82) is 0 Å². The Hall–Kier alpha value is 0.480. The molecule has 0 amide bonds. The third kappa shape index (κ3) is 2.71. The molecule has 0 radical (unpaired) electrons. The second-order valence-corrected chi connectivity index (χ2v) is 6.12. The fourth-order valence-corrected chi connectivity index (χ4v) is 3.91. The van der Waals surface area contributed by atoms with Gasteiger partial charge in [-0.05, 0) is 31.1 Å². The van der Waals surface area contributed by atoms with Gasteiger partial charge in [0.25, 0.3) is 0 Å². The molecule has 0 nitrogen and oxygen atoms in total. The molecule has 2 aliphatic carbocycles. The predicted octanol–water partition coefficient (Wildman–Crippen LogP) is 4.52. The van der Waals surface area contributed by atoms with Crippen molar-refractivity contribution in [3.05, 3.63) is 0 Å². The first-order valence-corrected chi connectivity index (χ1v) is 6.92. The highest BCUT2D eigenvalue weighted by molar-refractivity contribution is 9.09. The number of alkyl halides is 1. The Morgan fingerprint density at radius 2 is 1.46 bits per heavy atom. The Balaban J connectivity index is 1.78. The minimum absolute atomic E-state index is 0.849. The first-order valence-electron chi connectivity index (χ1n) is 6.00. The Bertz CT molecular complexity index is 149. The van der Waals surface area contributed by atoms with E-state index in [0.717, 1.165) is 16.7 Å². The summed E-state index contributed by atoms with van der Waals surface area (Å²) in [6, 6.07) is 0. The topological polar surface area (TPSA) is 0 Å². The lowest BCUT2D eigenvalue weighted by Crippen LogP contribution is -2.21. The highest BCUT2D eigenvalue weighted by atomic mass is 79.9. The van der Waals surface area contributed by atoms with Crippen LogP contribution in [0.3, 0.4) is 0 Å². The van der Waals surface area contributed by atoms with Crippen molar-refractivity contribution in [3.8, 4) is 0 Å². The Morgan fingerprint density at radius 3 is 2.15 bits per heavy atom. The first kappa shape index (κ1) is 10.0. The zero-order valence-corrected chi connectivity index (χ0v) is 10.1. The van der Waals surface area contributed by atoms with Crippen LogP contribution in [0.4, 0.5) is 0 Å². The van der Waals surface area contributed by atoms with Gasteiger partial charge in [-0.25, -0.2) is 0 Å². The summed E-state index contributed by atoms with van der Waals surface area (Å²) in [5, 5.41) is 0. The SMILES string of the molecule is BrC1CCCCC1CC1CCCC1. The summed E-state index contributed by atoms with van der Waals surface area (Å²) in [4.78, 5) is 0.849. The number of halogens is 1. The van der Waals surface area contributed by atoms with Crippen molar-refractivity contribution in [2.24, 2.45) is 11.8 Å². The summed E-state index contributed by atoms with van der Waals surface area (Å²) < 4.78 is 0. The molecular formula is C12H21Br. The molecule has 2 saturated carbocycles. The van der Waals surface area contributed by atoms with Crippen LogP contribution in [0.25, 0.3) is 0 Å². The van der Waals surface area contributed by atoms with Gasteiger partial charge < -0.3 is 0 Å². The summed E-state index contributed by atoms with van der Waals surface area (Å²) in [7, 11) is 0. The smallest absolute Gasteiger partial charge is 0.0174 e. The van der Waals surface area contributed by atoms with Crippen molar-refractivity contribution in [3.63, 3.8) is 0 Å². The molecule has 2 aliphatic rings. The molecule has 2 rings (SSSR count). The molecule has 13 heavy (non-hydrogen) atoms. The van der Waals surface area contributed by atoms with Crippen LogP contribution in [0, 0.1) is 11.8 Å². The van der Waals surface area contributed by atoms with Crippen LogP contribution in [-0.2, 0) is 0 Å². The fourth-order valence-electron chi connectivity index (χ4n) is 3.10. The Kier molecular flexibility index (Phi) is 3.71. The van der Waals surface area contributed by atoms with Gasteiger partial charge in [0.2, 0.25) is 0 Å². The van der Waals surface area contributed by atoms with E-state index in [-0.39, 0.29) is 0 Å². The van der Waals surface area contributed by atoms with Crippen LogP contribution < -0.4 is 0 Å². The summed E-state index contributed by atoms with van der Waals surface area (Å²) in [5.74, 6) is 2.10. The molecule has 2 atom stereocenters. The molecule has 0 aliphatic heterocycles. The van der Waals surface area contributed by atoms with Crippen LogP contribution in [0.5, 0.6) is 0 Å². The van der Waals surface area contributed by atoms with Crippen LogP contribution >= 0.6 is 15.9 Å². The maximum absolute atomic E-state index is 3.86. The zero-order chi connectivity index (χ0) is 9.10. The molecule has 0 saturated heterocycles. The van der Waals surface area contributed by atoms with Gasteiger partial charge >= 0.3 is 0 Å².